The fourth-order valence-electron chi connectivity index (χ4n) is 4.70. The zero-order chi connectivity index (χ0) is 24.2. The minimum Gasteiger partial charge on any atom is -0.497 e. The van der Waals surface area contributed by atoms with Gasteiger partial charge in [-0.15, -0.1) is 0 Å². The van der Waals surface area contributed by atoms with Gasteiger partial charge in [0.1, 0.15) is 11.6 Å². The molecule has 4 rings (SSSR count). The number of halogens is 1. The SMILES string of the molecule is COc1ccc(F)c(-c2ccc(Cc3ccc(N4CC(OC)C[C@@H]4CC(=O)O)cc3)c(C)c2)c1. The molecular formula is C28H30FNO4. The molecule has 1 aliphatic rings. The highest BCUT2D eigenvalue weighted by atomic mass is 19.1. The highest BCUT2D eigenvalue weighted by Crippen LogP contribution is 2.31. The molecule has 1 heterocycles. The quantitative estimate of drug-likeness (QED) is 0.480. The van der Waals surface area contributed by atoms with Gasteiger partial charge in [-0.2, -0.15) is 0 Å². The van der Waals surface area contributed by atoms with E-state index < -0.39 is 5.97 Å². The minimum atomic E-state index is -0.795. The first kappa shape index (κ1) is 23.8. The van der Waals surface area contributed by atoms with Crippen LogP contribution in [-0.4, -0.2) is 44.0 Å². The van der Waals surface area contributed by atoms with Crippen LogP contribution in [0.4, 0.5) is 10.1 Å². The molecule has 1 N–H and O–H groups in total. The van der Waals surface area contributed by atoms with E-state index in [1.54, 1.807) is 26.4 Å². The zero-order valence-corrected chi connectivity index (χ0v) is 19.8. The Morgan fingerprint density at radius 1 is 1.09 bits per heavy atom. The van der Waals surface area contributed by atoms with Crippen LogP contribution in [0, 0.1) is 12.7 Å². The summed E-state index contributed by atoms with van der Waals surface area (Å²) in [6, 6.07) is 19.0. The van der Waals surface area contributed by atoms with Crippen LogP contribution < -0.4 is 9.64 Å². The zero-order valence-electron chi connectivity index (χ0n) is 19.8. The van der Waals surface area contributed by atoms with E-state index in [1.807, 2.05) is 25.1 Å². The maximum Gasteiger partial charge on any atom is 0.305 e. The summed E-state index contributed by atoms with van der Waals surface area (Å²) < 4.78 is 25.1. The van der Waals surface area contributed by atoms with Crippen LogP contribution in [0.5, 0.6) is 5.75 Å². The number of aryl methyl sites for hydroxylation is 1. The lowest BCUT2D eigenvalue weighted by molar-refractivity contribution is -0.137. The Bertz CT molecular complexity index is 1160. The van der Waals surface area contributed by atoms with Gasteiger partial charge in [-0.05, 0) is 72.4 Å². The molecule has 1 saturated heterocycles. The van der Waals surface area contributed by atoms with Gasteiger partial charge < -0.3 is 19.5 Å². The number of ether oxygens (including phenoxy) is 2. The summed E-state index contributed by atoms with van der Waals surface area (Å²) in [6.45, 7) is 2.73. The van der Waals surface area contributed by atoms with E-state index in [1.165, 1.54) is 11.6 Å². The third-order valence-corrected chi connectivity index (χ3v) is 6.61. The van der Waals surface area contributed by atoms with Crippen molar-refractivity contribution in [2.75, 3.05) is 25.7 Å². The fourth-order valence-corrected chi connectivity index (χ4v) is 4.70. The van der Waals surface area contributed by atoms with Crippen molar-refractivity contribution in [3.8, 4) is 16.9 Å². The molecule has 2 atom stereocenters. The van der Waals surface area contributed by atoms with Gasteiger partial charge in [0.2, 0.25) is 0 Å². The van der Waals surface area contributed by atoms with E-state index in [0.717, 1.165) is 28.8 Å². The first-order chi connectivity index (χ1) is 16.4. The van der Waals surface area contributed by atoms with Gasteiger partial charge in [-0.3, -0.25) is 4.79 Å². The van der Waals surface area contributed by atoms with Crippen molar-refractivity contribution in [2.45, 2.75) is 38.3 Å². The van der Waals surface area contributed by atoms with E-state index in [9.17, 15) is 14.3 Å². The van der Waals surface area contributed by atoms with Gasteiger partial charge in [0, 0.05) is 30.9 Å². The number of carboxylic acids is 1. The predicted molar refractivity (Wildman–Crippen MR) is 131 cm³/mol. The summed E-state index contributed by atoms with van der Waals surface area (Å²) in [5.74, 6) is -0.447. The van der Waals surface area contributed by atoms with Crippen LogP contribution in [0.1, 0.15) is 29.5 Å². The molecular weight excluding hydrogens is 433 g/mol. The average molecular weight is 464 g/mol. The Morgan fingerprint density at radius 2 is 1.85 bits per heavy atom. The Morgan fingerprint density at radius 3 is 2.50 bits per heavy atom. The normalized spacial score (nSPS) is 17.7. The Hall–Kier alpha value is -3.38. The summed E-state index contributed by atoms with van der Waals surface area (Å²) in [4.78, 5) is 13.4. The van der Waals surface area contributed by atoms with Crippen molar-refractivity contribution in [3.63, 3.8) is 0 Å². The number of methoxy groups -OCH3 is 2. The first-order valence-electron chi connectivity index (χ1n) is 11.4. The molecule has 34 heavy (non-hydrogen) atoms. The second-order valence-electron chi connectivity index (χ2n) is 8.83. The summed E-state index contributed by atoms with van der Waals surface area (Å²) in [5.41, 5.74) is 5.77. The number of anilines is 1. The molecule has 0 saturated carbocycles. The third kappa shape index (κ3) is 5.23. The molecule has 0 aliphatic carbocycles. The first-order valence-corrected chi connectivity index (χ1v) is 11.4. The summed E-state index contributed by atoms with van der Waals surface area (Å²) in [7, 11) is 3.24. The second kappa shape index (κ2) is 10.3. The highest BCUT2D eigenvalue weighted by Gasteiger charge is 2.33. The van der Waals surface area contributed by atoms with Crippen LogP contribution in [0.15, 0.2) is 60.7 Å². The number of carbonyl (C=O) groups is 1. The molecule has 0 spiro atoms. The molecule has 1 unspecified atom stereocenters. The summed E-state index contributed by atoms with van der Waals surface area (Å²) in [5, 5.41) is 9.27. The molecule has 178 valence electrons. The van der Waals surface area contributed by atoms with Crippen molar-refractivity contribution in [3.05, 3.63) is 83.2 Å². The van der Waals surface area contributed by atoms with Crippen molar-refractivity contribution in [1.82, 2.24) is 0 Å². The van der Waals surface area contributed by atoms with Gasteiger partial charge in [-0.25, -0.2) is 4.39 Å². The molecule has 0 bridgehead atoms. The number of rotatable bonds is 8. The molecule has 0 aromatic heterocycles. The number of nitrogens with zero attached hydrogens (tertiary/aromatic N) is 1. The van der Waals surface area contributed by atoms with E-state index in [0.29, 0.717) is 24.3 Å². The molecule has 3 aromatic rings. The van der Waals surface area contributed by atoms with Gasteiger partial charge in [0.15, 0.2) is 0 Å². The van der Waals surface area contributed by atoms with Crippen LogP contribution in [0.3, 0.4) is 0 Å². The Labute approximate surface area is 199 Å². The third-order valence-electron chi connectivity index (χ3n) is 6.61. The number of aliphatic carboxylic acids is 1. The smallest absolute Gasteiger partial charge is 0.305 e. The minimum absolute atomic E-state index is 0.0413. The van der Waals surface area contributed by atoms with Gasteiger partial charge >= 0.3 is 5.97 Å². The fraction of sp³-hybridized carbons (Fsp3) is 0.321. The van der Waals surface area contributed by atoms with Crippen LogP contribution in [-0.2, 0) is 16.0 Å². The van der Waals surface area contributed by atoms with Crippen LogP contribution in [0.25, 0.3) is 11.1 Å². The number of benzene rings is 3. The topological polar surface area (TPSA) is 59.0 Å². The molecule has 0 radical (unpaired) electrons. The lowest BCUT2D eigenvalue weighted by Crippen LogP contribution is -2.31. The summed E-state index contributed by atoms with van der Waals surface area (Å²) >= 11 is 0. The molecule has 0 amide bonds. The highest BCUT2D eigenvalue weighted by molar-refractivity contribution is 5.69. The Kier molecular flexibility index (Phi) is 7.17. The van der Waals surface area contributed by atoms with Crippen LogP contribution in [0.2, 0.25) is 0 Å². The van der Waals surface area contributed by atoms with Gasteiger partial charge in [-0.1, -0.05) is 30.3 Å². The molecule has 1 aliphatic heterocycles. The number of hydrogen-bond acceptors (Lipinski definition) is 4. The standard InChI is InChI=1S/C28H30FNO4/c1-18-12-21(26-16-24(33-2)10-11-27(26)29)7-6-20(18)13-19-4-8-22(9-5-19)30-17-25(34-3)14-23(30)15-28(31)32/h4-12,16,23,25H,13-15,17H2,1-3H3,(H,31,32)/t23-,25?/m1/s1. The lowest BCUT2D eigenvalue weighted by atomic mass is 9.95. The molecule has 3 aromatic carbocycles. The van der Waals surface area contributed by atoms with E-state index in [4.69, 9.17) is 9.47 Å². The second-order valence-corrected chi connectivity index (χ2v) is 8.83. The lowest BCUT2D eigenvalue weighted by Gasteiger charge is -2.25. The maximum absolute atomic E-state index is 14.4. The van der Waals surface area contributed by atoms with Crippen molar-refractivity contribution in [2.24, 2.45) is 0 Å². The Balaban J connectivity index is 1.50. The maximum atomic E-state index is 14.4. The number of hydrogen-bond donors (Lipinski definition) is 1. The number of carboxylic acid groups (broad SMARTS) is 1. The molecule has 5 nitrogen and oxygen atoms in total. The van der Waals surface area contributed by atoms with Crippen molar-refractivity contribution in [1.29, 1.82) is 0 Å². The molecule has 1 fully saturated rings. The van der Waals surface area contributed by atoms with Crippen molar-refractivity contribution >= 4 is 11.7 Å². The van der Waals surface area contributed by atoms with Crippen LogP contribution >= 0.6 is 0 Å². The molecule has 6 heteroatoms. The monoisotopic (exact) mass is 463 g/mol. The van der Waals surface area contributed by atoms with E-state index in [2.05, 4.69) is 29.2 Å². The van der Waals surface area contributed by atoms with E-state index >= 15 is 0 Å². The van der Waals surface area contributed by atoms with Gasteiger partial charge in [0.25, 0.3) is 0 Å². The van der Waals surface area contributed by atoms with Crippen molar-refractivity contribution < 1.29 is 23.8 Å². The largest absolute Gasteiger partial charge is 0.497 e. The van der Waals surface area contributed by atoms with E-state index in [-0.39, 0.29) is 24.4 Å². The van der Waals surface area contributed by atoms with Gasteiger partial charge in [0.05, 0.1) is 19.6 Å². The average Bonchev–Trinajstić information content (AvgIpc) is 3.23. The summed E-state index contributed by atoms with van der Waals surface area (Å²) in [6.07, 6.45) is 1.61. The predicted octanol–water partition coefficient (Wildman–Crippen LogP) is 5.47.